The van der Waals surface area contributed by atoms with Crippen LogP contribution in [0.25, 0.3) is 0 Å². The zero-order valence-electron chi connectivity index (χ0n) is 16.2. The van der Waals surface area contributed by atoms with Crippen LogP contribution in [0.1, 0.15) is 22.8 Å². The van der Waals surface area contributed by atoms with E-state index in [1.165, 1.54) is 10.4 Å². The van der Waals surface area contributed by atoms with Crippen molar-refractivity contribution in [3.05, 3.63) is 90.0 Å². The Morgan fingerprint density at radius 1 is 0.966 bits per heavy atom. The molecule has 5 nitrogen and oxygen atoms in total. The molecule has 6 heteroatoms. The molecule has 4 rings (SSSR count). The second-order valence-corrected chi connectivity index (χ2v) is 8.73. The highest BCUT2D eigenvalue weighted by atomic mass is 32.2. The summed E-state index contributed by atoms with van der Waals surface area (Å²) in [6.07, 6.45) is 0.686. The lowest BCUT2D eigenvalue weighted by molar-refractivity contribution is 0.0988. The minimum atomic E-state index is -3.74. The summed E-state index contributed by atoms with van der Waals surface area (Å²) < 4.78 is 28.0. The van der Waals surface area contributed by atoms with Crippen LogP contribution in [0.5, 0.6) is 0 Å². The lowest BCUT2D eigenvalue weighted by atomic mass is 10.2. The molecule has 0 saturated heterocycles. The van der Waals surface area contributed by atoms with Gasteiger partial charge in [0, 0.05) is 24.3 Å². The fraction of sp³-hybridized carbons (Fsp3) is 0.174. The van der Waals surface area contributed by atoms with Gasteiger partial charge < -0.3 is 4.90 Å². The van der Waals surface area contributed by atoms with Crippen LogP contribution in [0.15, 0.2) is 83.8 Å². The largest absolute Gasteiger partial charge is 0.309 e. The average Bonchev–Trinajstić information content (AvgIpc) is 3.20. The van der Waals surface area contributed by atoms with Crippen LogP contribution in [-0.4, -0.2) is 27.4 Å². The molecule has 3 aromatic rings. The lowest BCUT2D eigenvalue weighted by Crippen LogP contribution is -2.31. The maximum atomic E-state index is 13.3. The number of amides is 1. The molecule has 0 radical (unpaired) electrons. The Morgan fingerprint density at radius 3 is 2.45 bits per heavy atom. The molecular formula is C23H22N2O3S. The molecule has 0 spiro atoms. The summed E-state index contributed by atoms with van der Waals surface area (Å²) >= 11 is 0. The minimum Gasteiger partial charge on any atom is -0.309 e. The van der Waals surface area contributed by atoms with Gasteiger partial charge in [0.1, 0.15) is 0 Å². The van der Waals surface area contributed by atoms with Crippen LogP contribution < -0.4 is 9.21 Å². The Balaban J connectivity index is 1.68. The van der Waals surface area contributed by atoms with Gasteiger partial charge in [-0.05, 0) is 55.3 Å². The highest BCUT2D eigenvalue weighted by Gasteiger charge is 2.31. The van der Waals surface area contributed by atoms with E-state index in [1.807, 2.05) is 61.5 Å². The van der Waals surface area contributed by atoms with E-state index in [0.717, 1.165) is 11.3 Å². The van der Waals surface area contributed by atoms with Crippen LogP contribution in [0.2, 0.25) is 0 Å². The van der Waals surface area contributed by atoms with Gasteiger partial charge in [-0.1, -0.05) is 42.5 Å². The van der Waals surface area contributed by atoms with E-state index in [2.05, 4.69) is 0 Å². The molecule has 0 bridgehead atoms. The fourth-order valence-corrected chi connectivity index (χ4v) is 5.23. The van der Waals surface area contributed by atoms with Gasteiger partial charge in [-0.25, -0.2) is 8.42 Å². The van der Waals surface area contributed by atoms with Gasteiger partial charge in [0.15, 0.2) is 0 Å². The van der Waals surface area contributed by atoms with Crippen LogP contribution in [-0.2, 0) is 16.4 Å². The molecule has 1 aliphatic heterocycles. The van der Waals surface area contributed by atoms with E-state index in [1.54, 1.807) is 23.1 Å². The smallest absolute Gasteiger partial charge is 0.264 e. The standard InChI is InChI=1S/C23H22N2O3S/c1-2-24(20-11-4-3-5-12-20)23(26)19-10-8-13-21(17-19)29(27,28)25-16-15-18-9-6-7-14-22(18)25/h3-14,17H,2,15-16H2,1H3. The van der Waals surface area contributed by atoms with E-state index >= 15 is 0 Å². The van der Waals surface area contributed by atoms with Crippen molar-refractivity contribution >= 4 is 27.3 Å². The molecule has 0 aromatic heterocycles. The molecule has 3 aromatic carbocycles. The number of carbonyl (C=O) groups is 1. The van der Waals surface area contributed by atoms with Crippen molar-refractivity contribution in [2.24, 2.45) is 0 Å². The first kappa shape index (κ1) is 19.2. The Morgan fingerprint density at radius 2 is 1.69 bits per heavy atom. The fourth-order valence-electron chi connectivity index (χ4n) is 3.68. The highest BCUT2D eigenvalue weighted by molar-refractivity contribution is 7.92. The highest BCUT2D eigenvalue weighted by Crippen LogP contribution is 2.33. The molecule has 0 saturated carbocycles. The maximum absolute atomic E-state index is 13.3. The number of hydrogen-bond donors (Lipinski definition) is 0. The zero-order valence-corrected chi connectivity index (χ0v) is 17.0. The molecule has 0 unspecified atom stereocenters. The van der Waals surface area contributed by atoms with E-state index < -0.39 is 10.0 Å². The Kier molecular flexibility index (Phi) is 5.11. The zero-order chi connectivity index (χ0) is 20.4. The van der Waals surface area contributed by atoms with E-state index in [4.69, 9.17) is 0 Å². The molecule has 0 N–H and O–H groups in total. The molecule has 0 fully saturated rings. The summed E-state index contributed by atoms with van der Waals surface area (Å²) in [6, 6.07) is 23.2. The number of benzene rings is 3. The summed E-state index contributed by atoms with van der Waals surface area (Å²) in [6.45, 7) is 2.79. The molecule has 1 amide bonds. The third kappa shape index (κ3) is 3.51. The average molecular weight is 407 g/mol. The van der Waals surface area contributed by atoms with E-state index in [0.29, 0.717) is 30.8 Å². The summed E-state index contributed by atoms with van der Waals surface area (Å²) in [4.78, 5) is 14.9. The number of fused-ring (bicyclic) bond motifs is 1. The molecular weight excluding hydrogens is 384 g/mol. The van der Waals surface area contributed by atoms with Crippen LogP contribution in [0, 0.1) is 0 Å². The first-order chi connectivity index (χ1) is 14.0. The molecule has 1 aliphatic rings. The summed E-state index contributed by atoms with van der Waals surface area (Å²) in [5.74, 6) is -0.224. The van der Waals surface area contributed by atoms with Crippen molar-refractivity contribution < 1.29 is 13.2 Å². The van der Waals surface area contributed by atoms with Crippen molar-refractivity contribution in [3.8, 4) is 0 Å². The molecule has 0 atom stereocenters. The maximum Gasteiger partial charge on any atom is 0.264 e. The Hall–Kier alpha value is -3.12. The third-order valence-electron chi connectivity index (χ3n) is 5.14. The number of anilines is 2. The summed E-state index contributed by atoms with van der Waals surface area (Å²) in [7, 11) is -3.74. The van der Waals surface area contributed by atoms with Gasteiger partial charge >= 0.3 is 0 Å². The van der Waals surface area contributed by atoms with Crippen molar-refractivity contribution in [3.63, 3.8) is 0 Å². The van der Waals surface area contributed by atoms with Gasteiger partial charge in [-0.3, -0.25) is 9.10 Å². The topological polar surface area (TPSA) is 57.7 Å². The first-order valence-corrected chi connectivity index (χ1v) is 11.0. The van der Waals surface area contributed by atoms with Gasteiger partial charge in [0.25, 0.3) is 15.9 Å². The predicted molar refractivity (Wildman–Crippen MR) is 115 cm³/mol. The van der Waals surface area contributed by atoms with Crippen LogP contribution in [0.4, 0.5) is 11.4 Å². The number of nitrogens with zero attached hydrogens (tertiary/aromatic N) is 2. The number of para-hydroxylation sites is 2. The first-order valence-electron chi connectivity index (χ1n) is 9.60. The van der Waals surface area contributed by atoms with Crippen molar-refractivity contribution in [2.45, 2.75) is 18.2 Å². The number of hydrogen-bond acceptors (Lipinski definition) is 3. The lowest BCUT2D eigenvalue weighted by Gasteiger charge is -2.22. The Labute approximate surface area is 171 Å². The molecule has 1 heterocycles. The van der Waals surface area contributed by atoms with E-state index in [-0.39, 0.29) is 10.8 Å². The van der Waals surface area contributed by atoms with Gasteiger partial charge in [-0.2, -0.15) is 0 Å². The normalized spacial score (nSPS) is 13.2. The molecule has 29 heavy (non-hydrogen) atoms. The van der Waals surface area contributed by atoms with Crippen LogP contribution >= 0.6 is 0 Å². The third-order valence-corrected chi connectivity index (χ3v) is 6.95. The van der Waals surface area contributed by atoms with Crippen molar-refractivity contribution in [1.82, 2.24) is 0 Å². The summed E-state index contributed by atoms with van der Waals surface area (Å²) in [5.41, 5.74) is 2.86. The molecule has 0 aliphatic carbocycles. The predicted octanol–water partition coefficient (Wildman–Crippen LogP) is 4.10. The molecule has 148 valence electrons. The Bertz CT molecular complexity index is 1140. The quantitative estimate of drug-likeness (QED) is 0.641. The van der Waals surface area contributed by atoms with Gasteiger partial charge in [-0.15, -0.1) is 0 Å². The second kappa shape index (κ2) is 7.72. The van der Waals surface area contributed by atoms with Crippen molar-refractivity contribution in [1.29, 1.82) is 0 Å². The number of sulfonamides is 1. The van der Waals surface area contributed by atoms with Gasteiger partial charge in [0.2, 0.25) is 0 Å². The number of carbonyl (C=O) groups excluding carboxylic acids is 1. The van der Waals surface area contributed by atoms with Crippen molar-refractivity contribution in [2.75, 3.05) is 22.3 Å². The van der Waals surface area contributed by atoms with Gasteiger partial charge in [0.05, 0.1) is 10.6 Å². The minimum absolute atomic E-state index is 0.129. The monoisotopic (exact) mass is 406 g/mol. The van der Waals surface area contributed by atoms with E-state index in [9.17, 15) is 13.2 Å². The second-order valence-electron chi connectivity index (χ2n) is 6.87. The number of rotatable bonds is 5. The SMILES string of the molecule is CCN(C(=O)c1cccc(S(=O)(=O)N2CCc3ccccc32)c1)c1ccccc1. The summed E-state index contributed by atoms with van der Waals surface area (Å²) in [5, 5.41) is 0. The van der Waals surface area contributed by atoms with Crippen LogP contribution in [0.3, 0.4) is 0 Å².